The summed E-state index contributed by atoms with van der Waals surface area (Å²) in [6.07, 6.45) is 27.6. The van der Waals surface area contributed by atoms with E-state index in [1.54, 1.807) is 0 Å². The van der Waals surface area contributed by atoms with Gasteiger partial charge in [0.05, 0.1) is 0 Å². The summed E-state index contributed by atoms with van der Waals surface area (Å²) >= 11 is 2.48. The molecule has 2 nitrogen and oxygen atoms in total. The first-order valence-corrected chi connectivity index (χ1v) is 19.0. The van der Waals surface area contributed by atoms with Crippen molar-refractivity contribution in [2.45, 2.75) is 153 Å². The van der Waals surface area contributed by atoms with Crippen molar-refractivity contribution in [3.63, 3.8) is 0 Å². The predicted molar refractivity (Wildman–Crippen MR) is 166 cm³/mol. The summed E-state index contributed by atoms with van der Waals surface area (Å²) in [6, 6.07) is 11.4. The molecule has 1 heterocycles. The van der Waals surface area contributed by atoms with Crippen LogP contribution < -0.4 is 24.8 Å². The maximum absolute atomic E-state index is 2.78. The molecule has 5 rings (SSSR count). The van der Waals surface area contributed by atoms with Crippen molar-refractivity contribution in [3.8, 4) is 0 Å². The van der Waals surface area contributed by atoms with Crippen molar-refractivity contribution in [1.82, 2.24) is 9.13 Å². The average Bonchev–Trinajstić information content (AvgIpc) is 3.42. The molecule has 0 bridgehead atoms. The summed E-state index contributed by atoms with van der Waals surface area (Å²) in [4.78, 5) is 0. The van der Waals surface area contributed by atoms with Crippen LogP contribution in [0.3, 0.4) is 0 Å². The Hall–Kier alpha value is -0.0666. The van der Waals surface area contributed by atoms with Crippen LogP contribution in [0.2, 0.25) is 0 Å². The van der Waals surface area contributed by atoms with Gasteiger partial charge in [-0.3, -0.25) is 0 Å². The molecular formula is C34H55Cl2N2PRu. The minimum atomic E-state index is -1.28. The molecule has 1 aromatic heterocycles. The summed E-state index contributed by atoms with van der Waals surface area (Å²) < 4.78 is 7.58. The molecule has 0 unspecified atom stereocenters. The van der Waals surface area contributed by atoms with E-state index in [1.165, 1.54) is 102 Å². The van der Waals surface area contributed by atoms with Crippen LogP contribution in [-0.4, -0.2) is 30.7 Å². The van der Waals surface area contributed by atoms with E-state index in [1.807, 2.05) is 28.0 Å². The van der Waals surface area contributed by atoms with Gasteiger partial charge in [-0.05, 0) is 83.2 Å². The number of imidazole rings is 1. The summed E-state index contributed by atoms with van der Waals surface area (Å²) in [5.74, 6) is 0. The van der Waals surface area contributed by atoms with Gasteiger partial charge in [0.15, 0.2) is 0 Å². The second-order valence-corrected chi connectivity index (χ2v) is 17.6. The number of rotatable bonds is 6. The number of hydrogen-bond donors (Lipinski definition) is 0. The number of halogens is 2. The molecule has 3 fully saturated rings. The average molecular weight is 695 g/mol. The van der Waals surface area contributed by atoms with E-state index in [0.717, 1.165) is 17.0 Å². The van der Waals surface area contributed by atoms with Crippen LogP contribution in [0.5, 0.6) is 0 Å². The van der Waals surface area contributed by atoms with Gasteiger partial charge in [-0.2, -0.15) is 0 Å². The Kier molecular flexibility index (Phi) is 16.2. The van der Waals surface area contributed by atoms with Crippen LogP contribution >= 0.6 is 6.89 Å². The second kappa shape index (κ2) is 17.9. The van der Waals surface area contributed by atoms with E-state index in [9.17, 15) is 0 Å². The normalized spacial score (nSPS) is 19.4. The predicted octanol–water partition coefficient (Wildman–Crippen LogP) is 4.39. The second-order valence-electron chi connectivity index (χ2n) is 12.8. The maximum atomic E-state index is 2.78. The first kappa shape index (κ1) is 36.1. The molecule has 3 aliphatic carbocycles. The molecule has 3 aliphatic rings. The van der Waals surface area contributed by atoms with Gasteiger partial charge < -0.3 is 33.9 Å². The monoisotopic (exact) mass is 694 g/mol. The van der Waals surface area contributed by atoms with Crippen LogP contribution in [0.1, 0.15) is 142 Å². The molecule has 228 valence electrons. The number of benzene rings is 1. The van der Waals surface area contributed by atoms with Gasteiger partial charge >= 0.3 is 58.4 Å². The Labute approximate surface area is 268 Å². The molecule has 6 heteroatoms. The van der Waals surface area contributed by atoms with Crippen LogP contribution in [0.4, 0.5) is 0 Å². The zero-order valence-corrected chi connectivity index (χ0v) is 29.7. The molecule has 0 saturated heterocycles. The summed E-state index contributed by atoms with van der Waals surface area (Å²) in [5.41, 5.74) is 4.28. The van der Waals surface area contributed by atoms with Gasteiger partial charge in [0.2, 0.25) is 0 Å². The third kappa shape index (κ3) is 8.30. The van der Waals surface area contributed by atoms with Crippen molar-refractivity contribution < 1.29 is 42.7 Å². The van der Waals surface area contributed by atoms with Crippen LogP contribution in [0, 0.1) is 5.20 Å². The molecule has 0 N–H and O–H groups in total. The Morgan fingerprint density at radius 1 is 0.625 bits per heavy atom. The van der Waals surface area contributed by atoms with Crippen molar-refractivity contribution >= 4 is 11.5 Å². The number of aromatic nitrogens is 2. The SMILES string of the molecule is CC(C)n1ccn(C(C)C)c1=P(C1CCCCC1)(C1CCCCC1)C1CCCCC1.[Cl-].[Cl-].[Ru+2]=[CH]c1ccccc1. The van der Waals surface area contributed by atoms with E-state index in [4.69, 9.17) is 0 Å². The Bertz CT molecular complexity index is 992. The van der Waals surface area contributed by atoms with E-state index < -0.39 is 6.89 Å². The van der Waals surface area contributed by atoms with Crippen LogP contribution in [0.25, 0.3) is 0 Å². The Morgan fingerprint density at radius 2 is 0.975 bits per heavy atom. The molecule has 40 heavy (non-hydrogen) atoms. The third-order valence-corrected chi connectivity index (χ3v) is 16.7. The molecule has 0 radical (unpaired) electrons. The third-order valence-electron chi connectivity index (χ3n) is 9.76. The molecule has 0 aliphatic heterocycles. The molecule has 0 amide bonds. The molecule has 2 aromatic rings. The molecule has 1 aromatic carbocycles. The Morgan fingerprint density at radius 3 is 1.25 bits per heavy atom. The fourth-order valence-electron chi connectivity index (χ4n) is 8.05. The van der Waals surface area contributed by atoms with Gasteiger partial charge in [0, 0.05) is 24.5 Å². The van der Waals surface area contributed by atoms with Gasteiger partial charge in [0.25, 0.3) is 0 Å². The fourth-order valence-corrected chi connectivity index (χ4v) is 16.2. The zero-order chi connectivity index (χ0) is 27.0. The first-order valence-electron chi connectivity index (χ1n) is 16.0. The summed E-state index contributed by atoms with van der Waals surface area (Å²) in [5, 5.41) is 1.86. The van der Waals surface area contributed by atoms with Crippen molar-refractivity contribution in [1.29, 1.82) is 0 Å². The summed E-state index contributed by atoms with van der Waals surface area (Å²) in [7, 11) is 0. The first-order chi connectivity index (χ1) is 18.5. The van der Waals surface area contributed by atoms with Crippen molar-refractivity contribution in [2.24, 2.45) is 0 Å². The van der Waals surface area contributed by atoms with Gasteiger partial charge in [0.1, 0.15) is 5.20 Å². The standard InChI is InChI=1S/C27H49N2P.C7H6.2ClH.Ru/c1-22(2)28-20-21-29(23(3)4)27(28)30(24-14-8-5-9-15-24,25-16-10-6-11-17-25)26-18-12-7-13-19-26;1-7-5-3-2-4-6-7;;;/h20-26H,5-19H2,1-4H3;1-6H;2*1H;/q;;;;+2/p-2. The molecule has 0 spiro atoms. The fraction of sp³-hybridized carbons (Fsp3) is 0.706. The van der Waals surface area contributed by atoms with Crippen LogP contribution in [-0.2, 0) is 17.9 Å². The van der Waals surface area contributed by atoms with Crippen molar-refractivity contribution in [2.75, 3.05) is 0 Å². The zero-order valence-electron chi connectivity index (χ0n) is 25.6. The molecule has 0 atom stereocenters. The van der Waals surface area contributed by atoms with Crippen molar-refractivity contribution in [3.05, 3.63) is 53.5 Å². The number of hydrogen-bond acceptors (Lipinski definition) is 0. The minimum absolute atomic E-state index is 0. The van der Waals surface area contributed by atoms with E-state index in [2.05, 4.69) is 79.2 Å². The topological polar surface area (TPSA) is 9.86 Å². The number of nitrogens with zero attached hydrogens (tertiary/aromatic N) is 2. The van der Waals surface area contributed by atoms with Gasteiger partial charge in [-0.15, -0.1) is 0 Å². The summed E-state index contributed by atoms with van der Waals surface area (Å²) in [6.45, 7) is 8.46. The molecule has 3 saturated carbocycles. The quantitative estimate of drug-likeness (QED) is 0.314. The Balaban J connectivity index is 0.000000485. The van der Waals surface area contributed by atoms with E-state index in [-0.39, 0.29) is 24.8 Å². The van der Waals surface area contributed by atoms with E-state index >= 15 is 0 Å². The van der Waals surface area contributed by atoms with Crippen LogP contribution in [0.15, 0.2) is 42.7 Å². The molecular weight excluding hydrogens is 639 g/mol. The van der Waals surface area contributed by atoms with Gasteiger partial charge in [-0.25, -0.2) is 0 Å². The van der Waals surface area contributed by atoms with Gasteiger partial charge in [-0.1, -0.05) is 64.7 Å². The van der Waals surface area contributed by atoms with E-state index in [0.29, 0.717) is 12.1 Å².